The lowest BCUT2D eigenvalue weighted by Crippen LogP contribution is -2.18. The number of hydrogen-bond donors (Lipinski definition) is 1. The highest BCUT2D eigenvalue weighted by Crippen LogP contribution is 2.13. The Hall–Kier alpha value is -2.14. The molecule has 2 aromatic rings. The number of hydrogen-bond acceptors (Lipinski definition) is 3. The molecule has 0 saturated carbocycles. The van der Waals surface area contributed by atoms with Gasteiger partial charge in [0.05, 0.1) is 18.4 Å². The van der Waals surface area contributed by atoms with Crippen LogP contribution in [-0.2, 0) is 6.54 Å². The summed E-state index contributed by atoms with van der Waals surface area (Å²) in [5, 5.41) is 7.15. The normalized spacial score (nSPS) is 10.9. The van der Waals surface area contributed by atoms with Crippen LogP contribution in [0.5, 0.6) is 0 Å². The highest BCUT2D eigenvalue weighted by Gasteiger charge is 2.10. The van der Waals surface area contributed by atoms with E-state index < -0.39 is 0 Å². The van der Waals surface area contributed by atoms with E-state index in [1.165, 1.54) is 0 Å². The summed E-state index contributed by atoms with van der Waals surface area (Å²) in [6.07, 6.45) is 3.53. The van der Waals surface area contributed by atoms with Crippen molar-refractivity contribution in [2.75, 3.05) is 26.0 Å². The van der Waals surface area contributed by atoms with Crippen molar-refractivity contribution in [3.63, 3.8) is 0 Å². The fourth-order valence-electron chi connectivity index (χ4n) is 2.03. The first kappa shape index (κ1) is 15.3. The van der Waals surface area contributed by atoms with E-state index in [-0.39, 0.29) is 5.91 Å². The number of likely N-dealkylation sites (N-methyl/N-ethyl adjacent to an activating group) is 1. The smallest absolute Gasteiger partial charge is 0.256 e. The van der Waals surface area contributed by atoms with Crippen LogP contribution in [0.2, 0.25) is 0 Å². The minimum Gasteiger partial charge on any atom is -0.319 e. The molecule has 0 saturated heterocycles. The molecule has 0 radical (unpaired) electrons. The van der Waals surface area contributed by atoms with Gasteiger partial charge in [-0.3, -0.25) is 9.48 Å². The molecule has 1 heterocycles. The summed E-state index contributed by atoms with van der Waals surface area (Å²) in [4.78, 5) is 14.4. The van der Waals surface area contributed by atoms with E-state index in [4.69, 9.17) is 0 Å². The van der Waals surface area contributed by atoms with Crippen LogP contribution in [0.15, 0.2) is 30.6 Å². The average molecular weight is 286 g/mol. The van der Waals surface area contributed by atoms with Gasteiger partial charge in [0, 0.05) is 18.3 Å². The Morgan fingerprint density at radius 2 is 2.10 bits per heavy atom. The molecule has 0 atom stereocenters. The van der Waals surface area contributed by atoms with Gasteiger partial charge >= 0.3 is 0 Å². The number of amides is 1. The number of rotatable bonds is 5. The molecule has 112 valence electrons. The van der Waals surface area contributed by atoms with Crippen LogP contribution in [0.3, 0.4) is 0 Å². The number of benzene rings is 1. The van der Waals surface area contributed by atoms with Gasteiger partial charge < -0.3 is 10.2 Å². The van der Waals surface area contributed by atoms with Crippen molar-refractivity contribution < 1.29 is 4.79 Å². The third kappa shape index (κ3) is 4.16. The van der Waals surface area contributed by atoms with Gasteiger partial charge in [0.15, 0.2) is 0 Å². The number of nitrogens with zero attached hydrogens (tertiary/aromatic N) is 3. The lowest BCUT2D eigenvalue weighted by atomic mass is 10.1. The molecule has 5 nitrogen and oxygen atoms in total. The molecule has 0 unspecified atom stereocenters. The van der Waals surface area contributed by atoms with Crippen LogP contribution in [0.25, 0.3) is 0 Å². The van der Waals surface area contributed by atoms with Crippen LogP contribution in [0, 0.1) is 13.8 Å². The van der Waals surface area contributed by atoms with Crippen LogP contribution in [0.1, 0.15) is 21.5 Å². The van der Waals surface area contributed by atoms with E-state index in [2.05, 4.69) is 15.3 Å². The standard InChI is InChI=1S/C16H22N4O/c1-12-5-6-13(2)15(9-12)16(21)18-14-10-17-20(11-14)8-7-19(3)4/h5-6,9-11H,7-8H2,1-4H3,(H,18,21). The predicted molar refractivity (Wildman–Crippen MR) is 84.7 cm³/mol. The van der Waals surface area contributed by atoms with Crippen molar-refractivity contribution in [1.82, 2.24) is 14.7 Å². The van der Waals surface area contributed by atoms with Crippen molar-refractivity contribution in [2.24, 2.45) is 0 Å². The fraction of sp³-hybridized carbons (Fsp3) is 0.375. The van der Waals surface area contributed by atoms with Crippen LogP contribution in [-0.4, -0.2) is 41.2 Å². The molecule has 1 aromatic carbocycles. The second-order valence-electron chi connectivity index (χ2n) is 5.57. The van der Waals surface area contributed by atoms with Crippen molar-refractivity contribution >= 4 is 11.6 Å². The Labute approximate surface area is 125 Å². The Kier molecular flexibility index (Phi) is 4.75. The lowest BCUT2D eigenvalue weighted by molar-refractivity contribution is 0.102. The quantitative estimate of drug-likeness (QED) is 0.917. The number of carbonyl (C=O) groups excluding carboxylic acids is 1. The van der Waals surface area contributed by atoms with E-state index in [1.807, 2.05) is 57.0 Å². The van der Waals surface area contributed by atoms with Gasteiger partial charge in [-0.25, -0.2) is 0 Å². The van der Waals surface area contributed by atoms with Gasteiger partial charge in [-0.2, -0.15) is 5.10 Å². The summed E-state index contributed by atoms with van der Waals surface area (Å²) in [6.45, 7) is 5.63. The molecular formula is C16H22N4O. The van der Waals surface area contributed by atoms with Gasteiger partial charge in [0.2, 0.25) is 0 Å². The van der Waals surface area contributed by atoms with Gasteiger partial charge in [-0.05, 0) is 39.6 Å². The highest BCUT2D eigenvalue weighted by atomic mass is 16.1. The van der Waals surface area contributed by atoms with E-state index >= 15 is 0 Å². The van der Waals surface area contributed by atoms with Gasteiger partial charge in [0.1, 0.15) is 0 Å². The number of nitrogens with one attached hydrogen (secondary N) is 1. The van der Waals surface area contributed by atoms with Gasteiger partial charge in [-0.1, -0.05) is 17.7 Å². The Bertz CT molecular complexity index is 631. The molecular weight excluding hydrogens is 264 g/mol. The first-order valence-corrected chi connectivity index (χ1v) is 7.01. The zero-order valence-electron chi connectivity index (χ0n) is 13.1. The summed E-state index contributed by atoms with van der Waals surface area (Å²) < 4.78 is 1.83. The summed E-state index contributed by atoms with van der Waals surface area (Å²) in [7, 11) is 4.04. The third-order valence-corrected chi connectivity index (χ3v) is 3.31. The van der Waals surface area contributed by atoms with Crippen molar-refractivity contribution in [3.05, 3.63) is 47.3 Å². The summed E-state index contributed by atoms with van der Waals surface area (Å²) in [5.41, 5.74) is 3.47. The molecule has 1 amide bonds. The topological polar surface area (TPSA) is 50.2 Å². The second-order valence-corrected chi connectivity index (χ2v) is 5.57. The van der Waals surface area contributed by atoms with Crippen LogP contribution in [0.4, 0.5) is 5.69 Å². The largest absolute Gasteiger partial charge is 0.319 e. The van der Waals surface area contributed by atoms with Crippen LogP contribution < -0.4 is 5.32 Å². The van der Waals surface area contributed by atoms with Crippen LogP contribution >= 0.6 is 0 Å². The van der Waals surface area contributed by atoms with E-state index in [0.29, 0.717) is 5.56 Å². The highest BCUT2D eigenvalue weighted by molar-refractivity contribution is 6.05. The molecule has 5 heteroatoms. The predicted octanol–water partition coefficient (Wildman–Crippen LogP) is 2.31. The molecule has 2 rings (SSSR count). The van der Waals surface area contributed by atoms with Crippen molar-refractivity contribution in [1.29, 1.82) is 0 Å². The fourth-order valence-corrected chi connectivity index (χ4v) is 2.03. The summed E-state index contributed by atoms with van der Waals surface area (Å²) in [5.74, 6) is -0.0941. The van der Waals surface area contributed by atoms with E-state index in [9.17, 15) is 4.79 Å². The molecule has 0 bridgehead atoms. The van der Waals surface area contributed by atoms with Gasteiger partial charge in [-0.15, -0.1) is 0 Å². The SMILES string of the molecule is Cc1ccc(C)c(C(=O)Nc2cnn(CCN(C)C)c2)c1. The maximum absolute atomic E-state index is 12.3. The summed E-state index contributed by atoms with van der Waals surface area (Å²) in [6, 6.07) is 5.87. The number of anilines is 1. The average Bonchev–Trinajstić information content (AvgIpc) is 2.86. The first-order chi connectivity index (χ1) is 9.95. The maximum Gasteiger partial charge on any atom is 0.256 e. The summed E-state index contributed by atoms with van der Waals surface area (Å²) >= 11 is 0. The zero-order valence-corrected chi connectivity index (χ0v) is 13.1. The van der Waals surface area contributed by atoms with Crippen molar-refractivity contribution in [3.8, 4) is 0 Å². The molecule has 1 aromatic heterocycles. The monoisotopic (exact) mass is 286 g/mol. The Morgan fingerprint density at radius 3 is 2.81 bits per heavy atom. The minimum atomic E-state index is -0.0941. The zero-order chi connectivity index (χ0) is 15.4. The first-order valence-electron chi connectivity index (χ1n) is 7.01. The minimum absolute atomic E-state index is 0.0941. The molecule has 0 aliphatic heterocycles. The van der Waals surface area contributed by atoms with Crippen molar-refractivity contribution in [2.45, 2.75) is 20.4 Å². The number of aryl methyl sites for hydroxylation is 2. The molecule has 21 heavy (non-hydrogen) atoms. The maximum atomic E-state index is 12.3. The third-order valence-electron chi connectivity index (χ3n) is 3.31. The van der Waals surface area contributed by atoms with Gasteiger partial charge in [0.25, 0.3) is 5.91 Å². The molecule has 0 aliphatic rings. The second kappa shape index (κ2) is 6.54. The number of aromatic nitrogens is 2. The molecule has 0 aliphatic carbocycles. The lowest BCUT2D eigenvalue weighted by Gasteiger charge is -2.09. The Balaban J connectivity index is 2.04. The molecule has 0 spiro atoms. The molecule has 1 N–H and O–H groups in total. The van der Waals surface area contributed by atoms with E-state index in [0.717, 1.165) is 29.9 Å². The van der Waals surface area contributed by atoms with E-state index in [1.54, 1.807) is 6.20 Å². The Morgan fingerprint density at radius 1 is 1.33 bits per heavy atom. The molecule has 0 fully saturated rings. The number of carbonyl (C=O) groups is 1.